The maximum Gasteiger partial charge on any atom is 0.328 e. The summed E-state index contributed by atoms with van der Waals surface area (Å²) < 4.78 is 0. The van der Waals surface area contributed by atoms with Gasteiger partial charge in [0.1, 0.15) is 17.7 Å². The summed E-state index contributed by atoms with van der Waals surface area (Å²) in [6, 6.07) is 4.15. The molecule has 3 amide bonds. The maximum atomic E-state index is 13.0. The predicted octanol–water partition coefficient (Wildman–Crippen LogP) is 0.838. The molecule has 28 heavy (non-hydrogen) atoms. The quantitative estimate of drug-likeness (QED) is 0.678. The van der Waals surface area contributed by atoms with Crippen molar-refractivity contribution >= 4 is 17.8 Å². The smallest absolute Gasteiger partial charge is 0.328 e. The lowest BCUT2D eigenvalue weighted by atomic mass is 10.1. The molecule has 1 aromatic rings. The van der Waals surface area contributed by atoms with E-state index in [-0.39, 0.29) is 24.0 Å². The lowest BCUT2D eigenvalue weighted by Crippen LogP contribution is -2.56. The molecule has 0 radical (unpaired) electrons. The Morgan fingerprint density at radius 1 is 1.43 bits per heavy atom. The number of aromatic nitrogens is 1. The van der Waals surface area contributed by atoms with Gasteiger partial charge in [-0.05, 0) is 31.6 Å². The Labute approximate surface area is 163 Å². The van der Waals surface area contributed by atoms with Crippen LogP contribution in [0.25, 0.3) is 0 Å². The van der Waals surface area contributed by atoms with E-state index in [2.05, 4.69) is 31.8 Å². The molecule has 1 unspecified atom stereocenters. The largest absolute Gasteiger partial charge is 0.366 e. The van der Waals surface area contributed by atoms with Gasteiger partial charge in [-0.3, -0.25) is 15.0 Å². The van der Waals surface area contributed by atoms with Crippen molar-refractivity contribution in [2.75, 3.05) is 18.4 Å². The van der Waals surface area contributed by atoms with Crippen molar-refractivity contribution in [1.29, 1.82) is 0 Å². The minimum absolute atomic E-state index is 0.0369. The Balaban J connectivity index is 1.57. The lowest BCUT2D eigenvalue weighted by Gasteiger charge is -2.40. The van der Waals surface area contributed by atoms with Gasteiger partial charge >= 0.3 is 6.03 Å². The van der Waals surface area contributed by atoms with E-state index in [1.807, 2.05) is 12.1 Å². The SMILES string of the molecule is C#C[C@H](C)NC(=O)C1C=CC2=C(N1)N(C(=O)Nc1ccccn1)[C@H]1CCN2C1. The van der Waals surface area contributed by atoms with Crippen LogP contribution in [0.15, 0.2) is 48.1 Å². The third-order valence-electron chi connectivity index (χ3n) is 5.10. The highest BCUT2D eigenvalue weighted by Gasteiger charge is 2.42. The number of carbonyl (C=O) groups is 2. The Hall–Kier alpha value is -3.47. The van der Waals surface area contributed by atoms with Crippen LogP contribution in [0.4, 0.5) is 10.6 Å². The molecule has 3 atom stereocenters. The van der Waals surface area contributed by atoms with Gasteiger partial charge in [0, 0.05) is 19.3 Å². The van der Waals surface area contributed by atoms with Crippen LogP contribution < -0.4 is 16.0 Å². The number of amides is 3. The molecular formula is C20H22N6O2. The number of rotatable bonds is 3. The molecule has 0 aliphatic carbocycles. The fraction of sp³-hybridized carbons (Fsp3) is 0.350. The van der Waals surface area contributed by atoms with Gasteiger partial charge in [0.25, 0.3) is 0 Å². The number of carbonyl (C=O) groups excluding carboxylic acids is 2. The minimum Gasteiger partial charge on any atom is -0.366 e. The molecule has 4 rings (SSSR count). The van der Waals surface area contributed by atoms with Gasteiger partial charge in [-0.15, -0.1) is 6.42 Å². The zero-order valence-electron chi connectivity index (χ0n) is 15.6. The average Bonchev–Trinajstić information content (AvgIpc) is 3.12. The molecule has 4 heterocycles. The van der Waals surface area contributed by atoms with Gasteiger partial charge in [0.05, 0.1) is 17.8 Å². The van der Waals surface area contributed by atoms with Crippen molar-refractivity contribution in [3.05, 3.63) is 48.1 Å². The van der Waals surface area contributed by atoms with E-state index in [0.29, 0.717) is 11.6 Å². The number of terminal acetylenes is 1. The summed E-state index contributed by atoms with van der Waals surface area (Å²) in [5.74, 6) is 3.38. The summed E-state index contributed by atoms with van der Waals surface area (Å²) in [4.78, 5) is 33.6. The van der Waals surface area contributed by atoms with E-state index < -0.39 is 6.04 Å². The van der Waals surface area contributed by atoms with Crippen molar-refractivity contribution in [3.8, 4) is 12.3 Å². The van der Waals surface area contributed by atoms with Crippen molar-refractivity contribution in [1.82, 2.24) is 25.4 Å². The standard InChI is InChI=1S/C20H22N6O2/c1-3-13(2)22-19(27)15-7-8-16-18(23-15)26(14-9-11-25(16)12-14)20(28)24-17-6-4-5-10-21-17/h1,4-8,10,13-15,23H,9,11-12H2,2H3,(H,22,27)(H,21,24,28)/t13-,14-,15?/m0/s1. The van der Waals surface area contributed by atoms with Crippen molar-refractivity contribution in [2.45, 2.75) is 31.5 Å². The Bertz CT molecular complexity index is 888. The van der Waals surface area contributed by atoms with E-state index in [9.17, 15) is 9.59 Å². The monoisotopic (exact) mass is 378 g/mol. The van der Waals surface area contributed by atoms with Gasteiger partial charge in [0.15, 0.2) is 0 Å². The second-order valence-corrected chi connectivity index (χ2v) is 7.02. The van der Waals surface area contributed by atoms with Crippen LogP contribution >= 0.6 is 0 Å². The number of pyridine rings is 1. The highest BCUT2D eigenvalue weighted by molar-refractivity contribution is 5.91. The summed E-state index contributed by atoms with van der Waals surface area (Å²) in [6.07, 6.45) is 11.5. The highest BCUT2D eigenvalue weighted by atomic mass is 16.2. The zero-order valence-corrected chi connectivity index (χ0v) is 15.6. The fourth-order valence-corrected chi connectivity index (χ4v) is 3.71. The molecule has 144 valence electrons. The molecule has 8 heteroatoms. The Morgan fingerprint density at radius 3 is 3.04 bits per heavy atom. The average molecular weight is 378 g/mol. The van der Waals surface area contributed by atoms with E-state index in [1.54, 1.807) is 36.2 Å². The van der Waals surface area contributed by atoms with Crippen LogP contribution in [0, 0.1) is 12.3 Å². The summed E-state index contributed by atoms with van der Waals surface area (Å²) in [6.45, 7) is 3.38. The second-order valence-electron chi connectivity index (χ2n) is 7.02. The van der Waals surface area contributed by atoms with Crippen LogP contribution in [-0.2, 0) is 4.79 Å². The first kappa shape index (κ1) is 17.9. The van der Waals surface area contributed by atoms with Gasteiger partial charge in [-0.25, -0.2) is 9.78 Å². The number of dihydropyridines is 1. The molecule has 1 saturated heterocycles. The number of nitrogens with one attached hydrogen (secondary N) is 3. The summed E-state index contributed by atoms with van der Waals surface area (Å²) in [5.41, 5.74) is 0.916. The predicted molar refractivity (Wildman–Crippen MR) is 105 cm³/mol. The van der Waals surface area contributed by atoms with Gasteiger partial charge in [-0.2, -0.15) is 0 Å². The van der Waals surface area contributed by atoms with Crippen LogP contribution in [0.5, 0.6) is 0 Å². The molecule has 3 aliphatic rings. The first-order valence-corrected chi connectivity index (χ1v) is 9.28. The number of nitrogens with zero attached hydrogens (tertiary/aromatic N) is 3. The fourth-order valence-electron chi connectivity index (χ4n) is 3.71. The number of urea groups is 1. The van der Waals surface area contributed by atoms with Crippen LogP contribution in [-0.4, -0.2) is 57.9 Å². The summed E-state index contributed by atoms with van der Waals surface area (Å²) >= 11 is 0. The summed E-state index contributed by atoms with van der Waals surface area (Å²) in [7, 11) is 0. The Kier molecular flexibility index (Phi) is 4.65. The topological polar surface area (TPSA) is 89.6 Å². The number of hydrogen-bond acceptors (Lipinski definition) is 5. The van der Waals surface area contributed by atoms with E-state index in [0.717, 1.165) is 25.2 Å². The van der Waals surface area contributed by atoms with Crippen molar-refractivity contribution in [2.24, 2.45) is 0 Å². The maximum absolute atomic E-state index is 13.0. The van der Waals surface area contributed by atoms with Crippen molar-refractivity contribution < 1.29 is 9.59 Å². The lowest BCUT2D eigenvalue weighted by molar-refractivity contribution is -0.122. The van der Waals surface area contributed by atoms with Gasteiger partial charge < -0.3 is 15.5 Å². The van der Waals surface area contributed by atoms with E-state index in [1.165, 1.54) is 0 Å². The summed E-state index contributed by atoms with van der Waals surface area (Å²) in [5, 5.41) is 8.83. The third kappa shape index (κ3) is 3.27. The molecule has 8 nitrogen and oxygen atoms in total. The van der Waals surface area contributed by atoms with Crippen molar-refractivity contribution in [3.63, 3.8) is 0 Å². The second kappa shape index (κ2) is 7.27. The van der Waals surface area contributed by atoms with E-state index >= 15 is 0 Å². The molecule has 3 aliphatic heterocycles. The number of anilines is 1. The first-order valence-electron chi connectivity index (χ1n) is 9.28. The Morgan fingerprint density at radius 2 is 2.29 bits per heavy atom. The van der Waals surface area contributed by atoms with Crippen LogP contribution in [0.2, 0.25) is 0 Å². The number of allylic oxidation sites excluding steroid dienone is 1. The number of fused-ring (bicyclic) bond motifs is 3. The minimum atomic E-state index is -0.599. The first-order chi connectivity index (χ1) is 13.6. The molecular weight excluding hydrogens is 356 g/mol. The molecule has 2 bridgehead atoms. The number of hydrogen-bond donors (Lipinski definition) is 3. The van der Waals surface area contributed by atoms with E-state index in [4.69, 9.17) is 6.42 Å². The zero-order chi connectivity index (χ0) is 19.7. The molecule has 0 spiro atoms. The molecule has 1 aromatic heterocycles. The van der Waals surface area contributed by atoms with Gasteiger partial charge in [-0.1, -0.05) is 18.1 Å². The van der Waals surface area contributed by atoms with Crippen LogP contribution in [0.1, 0.15) is 13.3 Å². The molecule has 0 saturated carbocycles. The molecule has 3 N–H and O–H groups in total. The highest BCUT2D eigenvalue weighted by Crippen LogP contribution is 2.33. The van der Waals surface area contributed by atoms with Crippen LogP contribution in [0.3, 0.4) is 0 Å². The normalized spacial score (nSPS) is 23.4. The van der Waals surface area contributed by atoms with Gasteiger partial charge in [0.2, 0.25) is 5.91 Å². The molecule has 1 fully saturated rings. The third-order valence-corrected chi connectivity index (χ3v) is 5.10. The molecule has 0 aromatic carbocycles.